The van der Waals surface area contributed by atoms with Crippen molar-refractivity contribution in [1.29, 1.82) is 5.26 Å². The number of nitriles is 1. The Labute approximate surface area is 125 Å². The molecule has 0 heterocycles. The first-order chi connectivity index (χ1) is 9.71. The molecular weight excluding hydrogens is 248 g/mol. The Bertz CT molecular complexity index is 296. The smallest absolute Gasteiger partial charge is 0.0672 e. The summed E-state index contributed by atoms with van der Waals surface area (Å²) in [4.78, 5) is 2.58. The lowest BCUT2D eigenvalue weighted by Crippen LogP contribution is -2.50. The summed E-state index contributed by atoms with van der Waals surface area (Å²) < 4.78 is 5.30. The Morgan fingerprint density at radius 2 is 1.95 bits per heavy atom. The second kappa shape index (κ2) is 9.37. The van der Waals surface area contributed by atoms with E-state index in [1.165, 1.54) is 19.3 Å². The van der Waals surface area contributed by atoms with E-state index in [1.807, 2.05) is 0 Å². The molecule has 0 aromatic rings. The average molecular weight is 280 g/mol. The first-order valence-electron chi connectivity index (χ1n) is 8.35. The molecule has 0 aliphatic heterocycles. The van der Waals surface area contributed by atoms with Gasteiger partial charge in [0.1, 0.15) is 0 Å². The van der Waals surface area contributed by atoms with Gasteiger partial charge in [0, 0.05) is 25.7 Å². The normalized spacial score (nSPS) is 26.9. The Morgan fingerprint density at radius 1 is 1.25 bits per heavy atom. The van der Waals surface area contributed by atoms with Crippen LogP contribution in [-0.2, 0) is 4.74 Å². The van der Waals surface area contributed by atoms with Gasteiger partial charge in [0.05, 0.1) is 18.6 Å². The second-order valence-electron chi connectivity index (χ2n) is 6.09. The number of hydrogen-bond donors (Lipinski definition) is 0. The molecule has 0 amide bonds. The van der Waals surface area contributed by atoms with Gasteiger partial charge in [-0.1, -0.05) is 27.2 Å². The van der Waals surface area contributed by atoms with Crippen molar-refractivity contribution in [2.45, 2.75) is 71.4 Å². The van der Waals surface area contributed by atoms with E-state index in [4.69, 9.17) is 4.74 Å². The Morgan fingerprint density at radius 3 is 2.45 bits per heavy atom. The van der Waals surface area contributed by atoms with Gasteiger partial charge >= 0.3 is 0 Å². The summed E-state index contributed by atoms with van der Waals surface area (Å²) in [5.74, 6) is 0.999. The highest BCUT2D eigenvalue weighted by Gasteiger charge is 2.35. The third-order valence-electron chi connectivity index (χ3n) is 5.06. The highest BCUT2D eigenvalue weighted by Crippen LogP contribution is 2.35. The number of hydrogen-bond acceptors (Lipinski definition) is 3. The minimum Gasteiger partial charge on any atom is -0.383 e. The molecule has 20 heavy (non-hydrogen) atoms. The van der Waals surface area contributed by atoms with E-state index in [-0.39, 0.29) is 5.92 Å². The van der Waals surface area contributed by atoms with Crippen LogP contribution in [0.15, 0.2) is 0 Å². The maximum absolute atomic E-state index is 9.51. The largest absolute Gasteiger partial charge is 0.383 e. The fourth-order valence-electron chi connectivity index (χ4n) is 3.69. The quantitative estimate of drug-likeness (QED) is 0.677. The first kappa shape index (κ1) is 17.5. The van der Waals surface area contributed by atoms with Crippen LogP contribution in [0.4, 0.5) is 0 Å². The van der Waals surface area contributed by atoms with Crippen LogP contribution in [0.25, 0.3) is 0 Å². The maximum Gasteiger partial charge on any atom is 0.0672 e. The van der Waals surface area contributed by atoms with Gasteiger partial charge in [-0.3, -0.25) is 4.90 Å². The predicted octanol–water partition coefficient (Wildman–Crippen LogP) is 3.84. The van der Waals surface area contributed by atoms with Gasteiger partial charge in [0.2, 0.25) is 0 Å². The highest BCUT2D eigenvalue weighted by atomic mass is 16.5. The van der Waals surface area contributed by atoms with Gasteiger partial charge in [-0.25, -0.2) is 0 Å². The molecule has 0 radical (unpaired) electrons. The zero-order valence-electron chi connectivity index (χ0n) is 13.8. The van der Waals surface area contributed by atoms with Crippen LogP contribution in [0.2, 0.25) is 0 Å². The minimum absolute atomic E-state index is 0.204. The summed E-state index contributed by atoms with van der Waals surface area (Å²) in [5, 5.41) is 9.51. The zero-order valence-corrected chi connectivity index (χ0v) is 13.8. The van der Waals surface area contributed by atoms with Crippen molar-refractivity contribution in [3.05, 3.63) is 0 Å². The molecule has 116 valence electrons. The number of rotatable bonds is 8. The fourth-order valence-corrected chi connectivity index (χ4v) is 3.69. The molecule has 0 aromatic heterocycles. The number of ether oxygens (including phenoxy) is 1. The van der Waals surface area contributed by atoms with Gasteiger partial charge in [0.15, 0.2) is 0 Å². The predicted molar refractivity (Wildman–Crippen MR) is 83.5 cm³/mol. The van der Waals surface area contributed by atoms with Crippen LogP contribution >= 0.6 is 0 Å². The molecule has 0 aromatic carbocycles. The van der Waals surface area contributed by atoms with Gasteiger partial charge in [-0.15, -0.1) is 0 Å². The molecule has 1 aliphatic carbocycles. The van der Waals surface area contributed by atoms with Gasteiger partial charge in [0.25, 0.3) is 0 Å². The molecule has 1 rings (SSSR count). The molecule has 3 unspecified atom stereocenters. The van der Waals surface area contributed by atoms with Crippen molar-refractivity contribution in [3.8, 4) is 6.07 Å². The minimum atomic E-state index is 0.204. The van der Waals surface area contributed by atoms with Crippen LogP contribution in [0.3, 0.4) is 0 Å². The first-order valence-corrected chi connectivity index (χ1v) is 8.35. The monoisotopic (exact) mass is 280 g/mol. The summed E-state index contributed by atoms with van der Waals surface area (Å²) in [7, 11) is 1.77. The summed E-state index contributed by atoms with van der Waals surface area (Å²) in [5.41, 5.74) is 0. The lowest BCUT2D eigenvalue weighted by molar-refractivity contribution is 0.0341. The van der Waals surface area contributed by atoms with Crippen molar-refractivity contribution in [2.75, 3.05) is 20.3 Å². The average Bonchev–Trinajstić information content (AvgIpc) is 2.50. The Hall–Kier alpha value is -0.590. The summed E-state index contributed by atoms with van der Waals surface area (Å²) in [6, 6.07) is 3.59. The summed E-state index contributed by atoms with van der Waals surface area (Å²) >= 11 is 0. The van der Waals surface area contributed by atoms with Crippen LogP contribution in [0, 0.1) is 23.2 Å². The van der Waals surface area contributed by atoms with Crippen LogP contribution in [0.1, 0.15) is 59.3 Å². The van der Waals surface area contributed by atoms with Crippen molar-refractivity contribution in [1.82, 2.24) is 4.90 Å². The lowest BCUT2D eigenvalue weighted by Gasteiger charge is -2.43. The van der Waals surface area contributed by atoms with E-state index in [1.54, 1.807) is 7.11 Å². The molecular formula is C17H32N2O. The molecule has 3 atom stereocenters. The zero-order chi connectivity index (χ0) is 15.0. The van der Waals surface area contributed by atoms with Crippen LogP contribution < -0.4 is 0 Å². The molecule has 3 heteroatoms. The molecule has 0 bridgehead atoms. The van der Waals surface area contributed by atoms with E-state index < -0.39 is 0 Å². The second-order valence-corrected chi connectivity index (χ2v) is 6.09. The van der Waals surface area contributed by atoms with Crippen molar-refractivity contribution in [3.63, 3.8) is 0 Å². The van der Waals surface area contributed by atoms with Crippen LogP contribution in [-0.4, -0.2) is 37.2 Å². The number of nitrogens with zero attached hydrogens (tertiary/aromatic N) is 2. The molecule has 3 nitrogen and oxygen atoms in total. The SMILES string of the molecule is CCC1CCC(C#N)C(N(CCOC)C(CC)CC)C1. The Kier molecular flexibility index (Phi) is 8.18. The Balaban J connectivity index is 2.85. The maximum atomic E-state index is 9.51. The van der Waals surface area contributed by atoms with Gasteiger partial charge in [-0.05, 0) is 38.0 Å². The van der Waals surface area contributed by atoms with Crippen LogP contribution in [0.5, 0.6) is 0 Å². The van der Waals surface area contributed by atoms with Crippen molar-refractivity contribution in [2.24, 2.45) is 11.8 Å². The molecule has 0 spiro atoms. The lowest BCUT2D eigenvalue weighted by atomic mass is 9.76. The topological polar surface area (TPSA) is 36.3 Å². The third-order valence-corrected chi connectivity index (χ3v) is 5.06. The van der Waals surface area contributed by atoms with Gasteiger partial charge in [-0.2, -0.15) is 5.26 Å². The van der Waals surface area contributed by atoms with E-state index in [2.05, 4.69) is 31.7 Å². The molecule has 1 fully saturated rings. The summed E-state index contributed by atoms with van der Waals surface area (Å²) in [6.45, 7) is 8.53. The molecule has 1 saturated carbocycles. The molecule has 0 saturated heterocycles. The third kappa shape index (κ3) is 4.46. The molecule has 0 N–H and O–H groups in total. The van der Waals surface area contributed by atoms with Crippen molar-refractivity contribution >= 4 is 0 Å². The highest BCUT2D eigenvalue weighted by molar-refractivity contribution is 4.98. The van der Waals surface area contributed by atoms with E-state index >= 15 is 0 Å². The van der Waals surface area contributed by atoms with Crippen molar-refractivity contribution < 1.29 is 4.74 Å². The standard InChI is InChI=1S/C17H32N2O/c1-5-14-8-9-15(13-18)17(12-14)19(10-11-20-4)16(6-2)7-3/h14-17H,5-12H2,1-4H3. The van der Waals surface area contributed by atoms with E-state index in [9.17, 15) is 5.26 Å². The molecule has 1 aliphatic rings. The number of methoxy groups -OCH3 is 1. The fraction of sp³-hybridized carbons (Fsp3) is 0.941. The van der Waals surface area contributed by atoms with E-state index in [0.29, 0.717) is 12.1 Å². The van der Waals surface area contributed by atoms with E-state index in [0.717, 1.165) is 38.3 Å². The van der Waals surface area contributed by atoms with Gasteiger partial charge < -0.3 is 4.74 Å². The summed E-state index contributed by atoms with van der Waals surface area (Å²) in [6.07, 6.45) is 7.05.